The highest BCUT2D eigenvalue weighted by Gasteiger charge is 2.66. The fraction of sp³-hybridized carbons (Fsp3) is 0.593. The average Bonchev–Trinajstić information content (AvgIpc) is 3.62. The Hall–Kier alpha value is -2.73. The lowest BCUT2D eigenvalue weighted by molar-refractivity contribution is -0.149. The third-order valence-corrected chi connectivity index (χ3v) is 11.1. The third kappa shape index (κ3) is 4.07. The van der Waals surface area contributed by atoms with E-state index in [1.165, 1.54) is 4.90 Å². The molecule has 3 saturated heterocycles. The minimum Gasteiger partial charge on any atom is -0.447 e. The molecule has 5 atom stereocenters. The Labute approximate surface area is 223 Å². The summed E-state index contributed by atoms with van der Waals surface area (Å²) in [6.45, 7) is 10.8. The van der Waals surface area contributed by atoms with Crippen LogP contribution in [-0.2, 0) is 24.7 Å². The number of nitrogens with zero attached hydrogens (tertiary/aromatic N) is 3. The number of carbonyl (C=O) groups is 3. The van der Waals surface area contributed by atoms with Crippen LogP contribution < -0.4 is 9.80 Å². The van der Waals surface area contributed by atoms with Crippen LogP contribution in [0.1, 0.15) is 31.7 Å². The SMILES string of the molecule is C=CCN1C(=O)[C@@]2(O[C@@H](CC(=O)N3CCC[C@H]3CO)[C@H]([Si](C)(C)O)[C@H]2C)c2cc(N3CCOC3=O)ccc21. The molecule has 5 rings (SSSR count). The van der Waals surface area contributed by atoms with Crippen LogP contribution in [-0.4, -0.2) is 86.0 Å². The molecule has 4 aliphatic heterocycles. The van der Waals surface area contributed by atoms with Crippen LogP contribution in [0.2, 0.25) is 18.6 Å². The molecule has 3 amide bonds. The first-order chi connectivity index (χ1) is 18.0. The topological polar surface area (TPSA) is 120 Å². The van der Waals surface area contributed by atoms with Gasteiger partial charge in [0.05, 0.1) is 37.4 Å². The molecule has 0 bridgehead atoms. The summed E-state index contributed by atoms with van der Waals surface area (Å²) in [5.74, 6) is -0.823. The summed E-state index contributed by atoms with van der Waals surface area (Å²) in [7, 11) is -2.94. The van der Waals surface area contributed by atoms with Gasteiger partial charge >= 0.3 is 6.09 Å². The van der Waals surface area contributed by atoms with Gasteiger partial charge in [-0.2, -0.15) is 0 Å². The summed E-state index contributed by atoms with van der Waals surface area (Å²) in [4.78, 5) is 56.2. The van der Waals surface area contributed by atoms with Crippen LogP contribution in [0.25, 0.3) is 0 Å². The minimum absolute atomic E-state index is 0.0203. The molecule has 4 aliphatic rings. The van der Waals surface area contributed by atoms with Gasteiger partial charge in [0.1, 0.15) is 6.61 Å². The van der Waals surface area contributed by atoms with E-state index >= 15 is 0 Å². The highest BCUT2D eigenvalue weighted by atomic mass is 28.4. The number of amides is 3. The molecule has 0 aliphatic carbocycles. The van der Waals surface area contributed by atoms with Crippen molar-refractivity contribution >= 4 is 37.6 Å². The van der Waals surface area contributed by atoms with E-state index in [2.05, 4.69) is 6.58 Å². The Morgan fingerprint density at radius 1 is 1.29 bits per heavy atom. The van der Waals surface area contributed by atoms with Gasteiger partial charge in [0, 0.05) is 35.8 Å². The van der Waals surface area contributed by atoms with E-state index in [-0.39, 0.29) is 44.0 Å². The van der Waals surface area contributed by atoms with E-state index in [1.807, 2.05) is 32.2 Å². The lowest BCUT2D eigenvalue weighted by Crippen LogP contribution is -2.46. The molecule has 0 unspecified atom stereocenters. The summed E-state index contributed by atoms with van der Waals surface area (Å²) >= 11 is 0. The van der Waals surface area contributed by atoms with Crippen molar-refractivity contribution in [1.82, 2.24) is 4.90 Å². The molecule has 206 valence electrons. The summed E-state index contributed by atoms with van der Waals surface area (Å²) in [5, 5.41) is 9.74. The van der Waals surface area contributed by atoms with Gasteiger partial charge in [-0.25, -0.2) is 4.79 Å². The van der Waals surface area contributed by atoms with Crippen LogP contribution >= 0.6 is 0 Å². The van der Waals surface area contributed by atoms with Crippen LogP contribution in [0.15, 0.2) is 30.9 Å². The summed E-state index contributed by atoms with van der Waals surface area (Å²) < 4.78 is 11.8. The molecular weight excluding hydrogens is 506 g/mol. The number of carbonyl (C=O) groups excluding carboxylic acids is 3. The molecule has 1 spiro atoms. The van der Waals surface area contributed by atoms with Crippen molar-refractivity contribution in [3.05, 3.63) is 36.4 Å². The fourth-order valence-corrected chi connectivity index (χ4v) is 9.57. The number of ether oxygens (including phenoxy) is 2. The summed E-state index contributed by atoms with van der Waals surface area (Å²) in [6.07, 6.45) is 2.13. The van der Waals surface area contributed by atoms with E-state index in [0.29, 0.717) is 30.0 Å². The monoisotopic (exact) mass is 543 g/mol. The van der Waals surface area contributed by atoms with Gasteiger partial charge in [0.2, 0.25) is 5.91 Å². The first-order valence-electron chi connectivity index (χ1n) is 13.4. The molecule has 3 fully saturated rings. The molecular formula is C27H37N3O7Si. The molecule has 2 N–H and O–H groups in total. The van der Waals surface area contributed by atoms with Gasteiger partial charge in [-0.3, -0.25) is 14.5 Å². The zero-order chi connectivity index (χ0) is 27.4. The number of rotatable bonds is 7. The average molecular weight is 544 g/mol. The standard InChI is InChI=1S/C27H37N3O7Si/c1-5-10-30-21-9-8-18(29-12-13-36-26(29)34)14-20(21)27(25(30)33)17(2)24(38(3,4)35)22(37-27)15-23(32)28-11-6-7-19(28)16-31/h5,8-9,14,17,19,22,24,31,35H,1,6-7,10-13,15-16H2,2-4H3/t17-,19+,22+,24-,27+/m1/s1. The van der Waals surface area contributed by atoms with Gasteiger partial charge < -0.3 is 29.2 Å². The van der Waals surface area contributed by atoms with Crippen LogP contribution in [0.5, 0.6) is 0 Å². The van der Waals surface area contributed by atoms with E-state index in [4.69, 9.17) is 9.47 Å². The van der Waals surface area contributed by atoms with Crippen LogP contribution in [0.4, 0.5) is 16.2 Å². The number of cyclic esters (lactones) is 1. The number of fused-ring (bicyclic) bond motifs is 2. The smallest absolute Gasteiger partial charge is 0.414 e. The maximum absolute atomic E-state index is 14.2. The lowest BCUT2D eigenvalue weighted by atomic mass is 9.82. The Balaban J connectivity index is 1.57. The van der Waals surface area contributed by atoms with Gasteiger partial charge in [-0.15, -0.1) is 6.58 Å². The Kier molecular flexibility index (Phi) is 6.91. The largest absolute Gasteiger partial charge is 0.447 e. The summed E-state index contributed by atoms with van der Waals surface area (Å²) in [6, 6.07) is 5.20. The predicted octanol–water partition coefficient (Wildman–Crippen LogP) is 2.35. The molecule has 0 aromatic heterocycles. The minimum atomic E-state index is -2.94. The van der Waals surface area contributed by atoms with E-state index < -0.39 is 37.6 Å². The molecule has 10 nitrogen and oxygen atoms in total. The second-order valence-electron chi connectivity index (χ2n) is 11.3. The highest BCUT2D eigenvalue weighted by Crippen LogP contribution is 2.60. The molecule has 11 heteroatoms. The molecule has 0 saturated carbocycles. The van der Waals surface area contributed by atoms with Crippen molar-refractivity contribution in [2.75, 3.05) is 42.6 Å². The normalized spacial score (nSPS) is 30.9. The zero-order valence-corrected chi connectivity index (χ0v) is 23.3. The van der Waals surface area contributed by atoms with Crippen LogP contribution in [0.3, 0.4) is 0 Å². The number of anilines is 2. The van der Waals surface area contributed by atoms with Gasteiger partial charge in [0.15, 0.2) is 13.9 Å². The molecule has 4 heterocycles. The van der Waals surface area contributed by atoms with Gasteiger partial charge in [-0.1, -0.05) is 13.0 Å². The first-order valence-corrected chi connectivity index (χ1v) is 16.4. The molecule has 38 heavy (non-hydrogen) atoms. The second-order valence-corrected chi connectivity index (χ2v) is 15.3. The Morgan fingerprint density at radius 2 is 2.05 bits per heavy atom. The maximum Gasteiger partial charge on any atom is 0.414 e. The Morgan fingerprint density at radius 3 is 2.68 bits per heavy atom. The predicted molar refractivity (Wildman–Crippen MR) is 143 cm³/mol. The van der Waals surface area contributed by atoms with Crippen molar-refractivity contribution < 1.29 is 33.8 Å². The van der Waals surface area contributed by atoms with E-state index in [9.17, 15) is 24.3 Å². The lowest BCUT2D eigenvalue weighted by Gasteiger charge is -2.33. The number of likely N-dealkylation sites (tertiary alicyclic amines) is 1. The third-order valence-electron chi connectivity index (χ3n) is 8.64. The van der Waals surface area contributed by atoms with Gasteiger partial charge in [0.25, 0.3) is 5.91 Å². The van der Waals surface area contributed by atoms with Crippen molar-refractivity contribution in [3.8, 4) is 0 Å². The maximum atomic E-state index is 14.2. The second kappa shape index (κ2) is 9.78. The van der Waals surface area contributed by atoms with E-state index in [1.54, 1.807) is 21.9 Å². The summed E-state index contributed by atoms with van der Waals surface area (Å²) in [5.41, 5.74) is 0.0847. The fourth-order valence-electron chi connectivity index (χ4n) is 7.01. The number of hydrogen-bond donors (Lipinski definition) is 2. The molecule has 1 aromatic carbocycles. The van der Waals surface area contributed by atoms with Crippen molar-refractivity contribution in [2.24, 2.45) is 5.92 Å². The number of aliphatic hydroxyl groups excluding tert-OH is 1. The van der Waals surface area contributed by atoms with E-state index in [0.717, 1.165) is 12.8 Å². The molecule has 0 radical (unpaired) electrons. The molecule has 1 aromatic rings. The van der Waals surface area contributed by atoms with Crippen molar-refractivity contribution in [1.29, 1.82) is 0 Å². The van der Waals surface area contributed by atoms with Gasteiger partial charge in [-0.05, 0) is 44.1 Å². The first kappa shape index (κ1) is 26.9. The van der Waals surface area contributed by atoms with Crippen LogP contribution in [0, 0.1) is 5.92 Å². The van der Waals surface area contributed by atoms with Crippen molar-refractivity contribution in [3.63, 3.8) is 0 Å². The van der Waals surface area contributed by atoms with Crippen molar-refractivity contribution in [2.45, 2.75) is 62.6 Å². The quantitative estimate of drug-likeness (QED) is 0.400. The zero-order valence-electron chi connectivity index (χ0n) is 22.3. The highest BCUT2D eigenvalue weighted by molar-refractivity contribution is 6.71. The Bertz CT molecular complexity index is 1150. The number of benzene rings is 1. The number of aliphatic hydroxyl groups is 1. The number of hydrogen-bond acceptors (Lipinski definition) is 7.